The number of piperazine rings is 1. The Morgan fingerprint density at radius 2 is 1.89 bits per heavy atom. The van der Waals surface area contributed by atoms with Crippen molar-refractivity contribution in [1.82, 2.24) is 28.8 Å². The standard InChI is InChI=1S/C27H34N8O/c1-6-20-15-35(24-13-26(36)32(5)25-16-33(11-10-28)30-27(24)25)21(7-2)14-34(20)18(3)19-8-9-22-23(12-19)31(4)17-29-22/h8-9,12-13,16-18,20-21H,6-7,11,14-15H2,1-5H3/t18?,20-,21+/m1/s1. The SMILES string of the molecule is CC[C@H]1CN(C(C)c2ccc3ncn(C)c3c2)[C@H](CC)CN1c1cc(=O)n(C)c2cn(CC#N)nc12. The number of pyridine rings is 1. The first-order valence-electron chi connectivity index (χ1n) is 12.7. The van der Waals surface area contributed by atoms with Gasteiger partial charge < -0.3 is 14.0 Å². The summed E-state index contributed by atoms with van der Waals surface area (Å²) in [6, 6.07) is 11.3. The van der Waals surface area contributed by atoms with E-state index in [-0.39, 0.29) is 24.2 Å². The van der Waals surface area contributed by atoms with E-state index in [9.17, 15) is 4.79 Å². The van der Waals surface area contributed by atoms with Crippen molar-refractivity contribution in [2.75, 3.05) is 18.0 Å². The van der Waals surface area contributed by atoms with Gasteiger partial charge in [0.15, 0.2) is 0 Å². The van der Waals surface area contributed by atoms with E-state index >= 15 is 0 Å². The number of aromatic nitrogens is 5. The van der Waals surface area contributed by atoms with Gasteiger partial charge in [-0.3, -0.25) is 14.4 Å². The highest BCUT2D eigenvalue weighted by atomic mass is 16.1. The lowest BCUT2D eigenvalue weighted by atomic mass is 9.96. The van der Waals surface area contributed by atoms with Gasteiger partial charge in [-0.05, 0) is 37.5 Å². The zero-order chi connectivity index (χ0) is 25.6. The van der Waals surface area contributed by atoms with Crippen LogP contribution in [0.2, 0.25) is 0 Å². The van der Waals surface area contributed by atoms with E-state index in [0.717, 1.165) is 53.7 Å². The average molecular weight is 487 g/mol. The largest absolute Gasteiger partial charge is 0.364 e. The predicted octanol–water partition coefficient (Wildman–Crippen LogP) is 3.59. The van der Waals surface area contributed by atoms with Gasteiger partial charge in [-0.25, -0.2) is 4.98 Å². The number of benzene rings is 1. The van der Waals surface area contributed by atoms with Crippen LogP contribution in [0.4, 0.5) is 5.69 Å². The highest BCUT2D eigenvalue weighted by Gasteiger charge is 2.36. The number of anilines is 1. The first-order valence-corrected chi connectivity index (χ1v) is 12.7. The van der Waals surface area contributed by atoms with Crippen LogP contribution in [0.15, 0.2) is 41.6 Å². The monoisotopic (exact) mass is 486 g/mol. The van der Waals surface area contributed by atoms with Crippen molar-refractivity contribution in [3.05, 3.63) is 52.7 Å². The molecule has 36 heavy (non-hydrogen) atoms. The van der Waals surface area contributed by atoms with Crippen LogP contribution in [0.25, 0.3) is 22.1 Å². The van der Waals surface area contributed by atoms with Gasteiger partial charge in [0.2, 0.25) is 0 Å². The van der Waals surface area contributed by atoms with Gasteiger partial charge in [-0.1, -0.05) is 19.9 Å². The molecule has 0 amide bonds. The number of rotatable bonds is 6. The van der Waals surface area contributed by atoms with E-state index in [1.807, 2.05) is 13.4 Å². The van der Waals surface area contributed by atoms with Gasteiger partial charge in [0.25, 0.3) is 5.56 Å². The van der Waals surface area contributed by atoms with Crippen molar-refractivity contribution in [3.8, 4) is 6.07 Å². The van der Waals surface area contributed by atoms with Crippen molar-refractivity contribution in [3.63, 3.8) is 0 Å². The number of imidazole rings is 1. The minimum Gasteiger partial charge on any atom is -0.364 e. The average Bonchev–Trinajstić information content (AvgIpc) is 3.48. The Kier molecular flexibility index (Phi) is 6.31. The molecule has 4 heterocycles. The molecule has 3 aromatic heterocycles. The third-order valence-electron chi connectivity index (χ3n) is 7.89. The normalized spacial score (nSPS) is 19.7. The third kappa shape index (κ3) is 3.95. The maximum Gasteiger partial charge on any atom is 0.252 e. The summed E-state index contributed by atoms with van der Waals surface area (Å²) in [7, 11) is 3.80. The number of nitrogens with zero attached hydrogens (tertiary/aromatic N) is 8. The van der Waals surface area contributed by atoms with Crippen LogP contribution in [0.5, 0.6) is 0 Å². The molecule has 0 spiro atoms. The summed E-state index contributed by atoms with van der Waals surface area (Å²) < 4.78 is 5.31. The number of fused-ring (bicyclic) bond motifs is 2. The van der Waals surface area contributed by atoms with Crippen LogP contribution in [-0.2, 0) is 20.6 Å². The second-order valence-electron chi connectivity index (χ2n) is 9.90. The Labute approximate surface area is 211 Å². The van der Waals surface area contributed by atoms with Crippen LogP contribution in [-0.4, -0.2) is 54.0 Å². The zero-order valence-electron chi connectivity index (χ0n) is 21.7. The van der Waals surface area contributed by atoms with E-state index in [4.69, 9.17) is 10.4 Å². The van der Waals surface area contributed by atoms with E-state index in [0.29, 0.717) is 6.04 Å². The molecule has 1 aliphatic rings. The number of hydrogen-bond acceptors (Lipinski definition) is 6. The van der Waals surface area contributed by atoms with E-state index in [2.05, 4.69) is 64.4 Å². The molecule has 1 aromatic carbocycles. The van der Waals surface area contributed by atoms with Crippen molar-refractivity contribution < 1.29 is 0 Å². The Hall–Kier alpha value is -3.64. The van der Waals surface area contributed by atoms with Crippen molar-refractivity contribution in [1.29, 1.82) is 5.26 Å². The van der Waals surface area contributed by atoms with E-state index in [1.165, 1.54) is 5.56 Å². The molecule has 188 valence electrons. The summed E-state index contributed by atoms with van der Waals surface area (Å²) in [4.78, 5) is 22.4. The quantitative estimate of drug-likeness (QED) is 0.414. The van der Waals surface area contributed by atoms with Crippen LogP contribution < -0.4 is 10.5 Å². The summed E-state index contributed by atoms with van der Waals surface area (Å²) in [6.07, 6.45) is 5.62. The van der Waals surface area contributed by atoms with Crippen LogP contribution in [0.1, 0.15) is 45.2 Å². The first kappa shape index (κ1) is 24.1. The molecule has 9 heteroatoms. The van der Waals surface area contributed by atoms with Crippen LogP contribution >= 0.6 is 0 Å². The Bertz CT molecular complexity index is 1510. The van der Waals surface area contributed by atoms with Crippen LogP contribution in [0, 0.1) is 11.3 Å². The fourth-order valence-electron chi connectivity index (χ4n) is 5.66. The van der Waals surface area contributed by atoms with E-state index < -0.39 is 0 Å². The Morgan fingerprint density at radius 1 is 1.11 bits per heavy atom. The minimum atomic E-state index is -0.0582. The maximum atomic E-state index is 12.9. The molecule has 1 saturated heterocycles. The number of aryl methyl sites for hydroxylation is 2. The van der Waals surface area contributed by atoms with Crippen molar-refractivity contribution in [2.45, 2.75) is 58.3 Å². The maximum absolute atomic E-state index is 12.9. The molecule has 3 atom stereocenters. The lowest BCUT2D eigenvalue weighted by Crippen LogP contribution is -2.58. The lowest BCUT2D eigenvalue weighted by molar-refractivity contribution is 0.101. The van der Waals surface area contributed by atoms with Gasteiger partial charge in [0.1, 0.15) is 12.1 Å². The van der Waals surface area contributed by atoms with Gasteiger partial charge in [-0.2, -0.15) is 10.4 Å². The summed E-state index contributed by atoms with van der Waals surface area (Å²) in [5.41, 5.74) is 5.81. The fraction of sp³-hybridized carbons (Fsp3) is 0.481. The molecule has 5 rings (SSSR count). The lowest BCUT2D eigenvalue weighted by Gasteiger charge is -2.49. The second-order valence-corrected chi connectivity index (χ2v) is 9.90. The molecule has 4 aromatic rings. The molecule has 1 unspecified atom stereocenters. The van der Waals surface area contributed by atoms with Gasteiger partial charge in [0.05, 0.1) is 40.8 Å². The molecule has 9 nitrogen and oxygen atoms in total. The predicted molar refractivity (Wildman–Crippen MR) is 142 cm³/mol. The summed E-state index contributed by atoms with van der Waals surface area (Å²) in [5.74, 6) is 0. The summed E-state index contributed by atoms with van der Waals surface area (Å²) in [5, 5.41) is 13.9. The second kappa shape index (κ2) is 9.43. The topological polar surface area (TPSA) is 87.9 Å². The number of nitriles is 1. The van der Waals surface area contributed by atoms with Crippen molar-refractivity contribution >= 4 is 27.8 Å². The zero-order valence-corrected chi connectivity index (χ0v) is 21.7. The molecule has 0 N–H and O–H groups in total. The molecular weight excluding hydrogens is 452 g/mol. The summed E-state index contributed by atoms with van der Waals surface area (Å²) in [6.45, 7) is 8.61. The fourth-order valence-corrected chi connectivity index (χ4v) is 5.66. The molecule has 1 aliphatic heterocycles. The molecular formula is C27H34N8O. The molecule has 1 fully saturated rings. The smallest absolute Gasteiger partial charge is 0.252 e. The first-order chi connectivity index (χ1) is 17.4. The third-order valence-corrected chi connectivity index (χ3v) is 7.89. The molecule has 0 saturated carbocycles. The number of hydrogen-bond donors (Lipinski definition) is 0. The van der Waals surface area contributed by atoms with Crippen LogP contribution in [0.3, 0.4) is 0 Å². The molecule has 0 radical (unpaired) electrons. The van der Waals surface area contributed by atoms with Gasteiger partial charge in [0, 0.05) is 51.4 Å². The van der Waals surface area contributed by atoms with E-state index in [1.54, 1.807) is 28.6 Å². The highest BCUT2D eigenvalue weighted by Crippen LogP contribution is 2.35. The highest BCUT2D eigenvalue weighted by molar-refractivity contribution is 5.88. The Balaban J connectivity index is 1.51. The van der Waals surface area contributed by atoms with Gasteiger partial charge >= 0.3 is 0 Å². The van der Waals surface area contributed by atoms with Crippen molar-refractivity contribution in [2.24, 2.45) is 14.1 Å². The van der Waals surface area contributed by atoms with Gasteiger partial charge in [-0.15, -0.1) is 0 Å². The summed E-state index contributed by atoms with van der Waals surface area (Å²) >= 11 is 0. The molecule has 0 aliphatic carbocycles. The Morgan fingerprint density at radius 3 is 2.61 bits per heavy atom. The minimum absolute atomic E-state index is 0.0582. The molecule has 0 bridgehead atoms.